The van der Waals surface area contributed by atoms with E-state index in [-0.39, 0.29) is 0 Å². The lowest BCUT2D eigenvalue weighted by Crippen LogP contribution is -1.91. The maximum Gasteiger partial charge on any atom is 0.0693 e. The average molecular weight is 208 g/mol. The van der Waals surface area contributed by atoms with Crippen LogP contribution in [0.4, 0.5) is 5.69 Å². The number of nitrogens with one attached hydrogen (secondary N) is 1. The third-order valence-electron chi connectivity index (χ3n) is 2.85. The summed E-state index contributed by atoms with van der Waals surface area (Å²) in [5.74, 6) is 0. The zero-order chi connectivity index (χ0) is 11.0. The smallest absolute Gasteiger partial charge is 0.0693 e. The van der Waals surface area contributed by atoms with Crippen molar-refractivity contribution in [2.75, 3.05) is 5.73 Å². The summed E-state index contributed by atoms with van der Waals surface area (Å²) in [5, 5.41) is 1.15. The van der Waals surface area contributed by atoms with Gasteiger partial charge in [-0.05, 0) is 11.6 Å². The highest BCUT2D eigenvalue weighted by molar-refractivity contribution is 5.98. The van der Waals surface area contributed by atoms with Crippen molar-refractivity contribution in [2.24, 2.45) is 0 Å². The van der Waals surface area contributed by atoms with Crippen molar-refractivity contribution in [3.8, 4) is 11.1 Å². The zero-order valence-electron chi connectivity index (χ0n) is 8.77. The molecule has 2 nitrogen and oxygen atoms in total. The second-order valence-electron chi connectivity index (χ2n) is 3.83. The van der Waals surface area contributed by atoms with E-state index in [4.69, 9.17) is 5.73 Å². The van der Waals surface area contributed by atoms with E-state index < -0.39 is 0 Å². The van der Waals surface area contributed by atoms with Gasteiger partial charge in [-0.15, -0.1) is 0 Å². The van der Waals surface area contributed by atoms with Crippen LogP contribution in [0.1, 0.15) is 0 Å². The van der Waals surface area contributed by atoms with Crippen molar-refractivity contribution in [2.45, 2.75) is 0 Å². The van der Waals surface area contributed by atoms with Crippen LogP contribution in [0.15, 0.2) is 54.7 Å². The Hall–Kier alpha value is -2.22. The van der Waals surface area contributed by atoms with Crippen molar-refractivity contribution in [3.05, 3.63) is 54.7 Å². The van der Waals surface area contributed by atoms with E-state index in [1.54, 1.807) is 0 Å². The summed E-state index contributed by atoms with van der Waals surface area (Å²) in [5.41, 5.74) is 10.2. The van der Waals surface area contributed by atoms with Crippen molar-refractivity contribution >= 4 is 16.6 Å². The van der Waals surface area contributed by atoms with Crippen LogP contribution in [0.5, 0.6) is 0 Å². The first-order chi connectivity index (χ1) is 7.86. The molecule has 0 saturated heterocycles. The van der Waals surface area contributed by atoms with Crippen LogP contribution in [0.3, 0.4) is 0 Å². The van der Waals surface area contributed by atoms with Gasteiger partial charge in [0.15, 0.2) is 0 Å². The molecular weight excluding hydrogens is 196 g/mol. The van der Waals surface area contributed by atoms with Crippen molar-refractivity contribution < 1.29 is 0 Å². The minimum absolute atomic E-state index is 0.814. The van der Waals surface area contributed by atoms with Gasteiger partial charge in [-0.3, -0.25) is 0 Å². The van der Waals surface area contributed by atoms with Crippen molar-refractivity contribution in [1.29, 1.82) is 0 Å². The summed E-state index contributed by atoms with van der Waals surface area (Å²) < 4.78 is 0. The van der Waals surface area contributed by atoms with E-state index in [0.717, 1.165) is 27.7 Å². The second-order valence-corrected chi connectivity index (χ2v) is 3.83. The number of aromatic amines is 1. The van der Waals surface area contributed by atoms with Gasteiger partial charge in [-0.1, -0.05) is 42.5 Å². The largest absolute Gasteiger partial charge is 0.397 e. The highest BCUT2D eigenvalue weighted by atomic mass is 14.7. The Balaban J connectivity index is 2.28. The first kappa shape index (κ1) is 9.04. The number of nitrogens with two attached hydrogens (primary N) is 1. The van der Waals surface area contributed by atoms with Gasteiger partial charge < -0.3 is 10.7 Å². The SMILES string of the molecule is Nc1c(-c2ccccc2)ccc2cc[nH]c12. The lowest BCUT2D eigenvalue weighted by Gasteiger charge is -2.06. The number of aromatic nitrogens is 1. The first-order valence-corrected chi connectivity index (χ1v) is 5.27. The van der Waals surface area contributed by atoms with Crippen LogP contribution >= 0.6 is 0 Å². The third-order valence-corrected chi connectivity index (χ3v) is 2.85. The molecular formula is C14H12N2. The number of H-pyrrole nitrogens is 1. The number of fused-ring (bicyclic) bond motifs is 1. The van der Waals surface area contributed by atoms with Gasteiger partial charge in [0.05, 0.1) is 11.2 Å². The molecule has 3 N–H and O–H groups in total. The van der Waals surface area contributed by atoms with Crippen LogP contribution in [0, 0.1) is 0 Å². The maximum atomic E-state index is 6.16. The minimum atomic E-state index is 0.814. The summed E-state index contributed by atoms with van der Waals surface area (Å²) in [6, 6.07) is 16.4. The summed E-state index contributed by atoms with van der Waals surface area (Å²) in [6.07, 6.45) is 1.91. The number of hydrogen-bond donors (Lipinski definition) is 2. The molecule has 3 aromatic rings. The Kier molecular flexibility index (Phi) is 1.93. The first-order valence-electron chi connectivity index (χ1n) is 5.27. The van der Waals surface area contributed by atoms with Gasteiger partial charge in [-0.25, -0.2) is 0 Å². The Morgan fingerprint density at radius 1 is 0.875 bits per heavy atom. The molecule has 0 fully saturated rings. The predicted octanol–water partition coefficient (Wildman–Crippen LogP) is 3.42. The van der Waals surface area contributed by atoms with E-state index in [9.17, 15) is 0 Å². The Bertz CT molecular complexity index is 624. The number of nitrogen functional groups attached to an aromatic ring is 1. The maximum absolute atomic E-state index is 6.16. The molecule has 0 bridgehead atoms. The van der Waals surface area contributed by atoms with E-state index in [1.165, 1.54) is 0 Å². The molecule has 0 unspecified atom stereocenters. The molecule has 0 radical (unpaired) electrons. The average Bonchev–Trinajstić information content (AvgIpc) is 2.80. The fourth-order valence-corrected chi connectivity index (χ4v) is 2.02. The van der Waals surface area contributed by atoms with Crippen LogP contribution in [-0.4, -0.2) is 4.98 Å². The predicted molar refractivity (Wildman–Crippen MR) is 68.1 cm³/mol. The van der Waals surface area contributed by atoms with Crippen LogP contribution < -0.4 is 5.73 Å². The molecule has 0 aliphatic heterocycles. The molecule has 2 heteroatoms. The summed E-state index contributed by atoms with van der Waals surface area (Å²) in [6.45, 7) is 0. The molecule has 0 amide bonds. The van der Waals surface area contributed by atoms with Crippen LogP contribution in [0.2, 0.25) is 0 Å². The Labute approximate surface area is 93.7 Å². The number of anilines is 1. The highest BCUT2D eigenvalue weighted by Crippen LogP contribution is 2.31. The zero-order valence-corrected chi connectivity index (χ0v) is 8.77. The fourth-order valence-electron chi connectivity index (χ4n) is 2.02. The number of rotatable bonds is 1. The molecule has 0 aliphatic rings. The number of benzene rings is 2. The molecule has 1 heterocycles. The standard InChI is InChI=1S/C14H12N2/c15-13-12(10-4-2-1-3-5-10)7-6-11-8-9-16-14(11)13/h1-9,16H,15H2. The molecule has 16 heavy (non-hydrogen) atoms. The van der Waals surface area contributed by atoms with Gasteiger partial charge in [0.25, 0.3) is 0 Å². The third kappa shape index (κ3) is 1.27. The quantitative estimate of drug-likeness (QED) is 0.591. The molecule has 0 aliphatic carbocycles. The minimum Gasteiger partial charge on any atom is -0.397 e. The molecule has 0 saturated carbocycles. The Morgan fingerprint density at radius 3 is 2.50 bits per heavy atom. The molecule has 78 valence electrons. The molecule has 3 rings (SSSR count). The van der Waals surface area contributed by atoms with Gasteiger partial charge in [-0.2, -0.15) is 0 Å². The normalized spacial score (nSPS) is 10.8. The van der Waals surface area contributed by atoms with Crippen LogP contribution in [-0.2, 0) is 0 Å². The van der Waals surface area contributed by atoms with Gasteiger partial charge >= 0.3 is 0 Å². The van der Waals surface area contributed by atoms with Gasteiger partial charge in [0, 0.05) is 17.1 Å². The summed E-state index contributed by atoms with van der Waals surface area (Å²) >= 11 is 0. The second kappa shape index (κ2) is 3.42. The number of hydrogen-bond acceptors (Lipinski definition) is 1. The molecule has 1 aromatic heterocycles. The van der Waals surface area contributed by atoms with E-state index in [0.29, 0.717) is 0 Å². The van der Waals surface area contributed by atoms with E-state index in [1.807, 2.05) is 30.5 Å². The Morgan fingerprint density at radius 2 is 1.69 bits per heavy atom. The molecule has 0 spiro atoms. The molecule has 2 aromatic carbocycles. The fraction of sp³-hybridized carbons (Fsp3) is 0. The summed E-state index contributed by atoms with van der Waals surface area (Å²) in [4.78, 5) is 3.17. The lowest BCUT2D eigenvalue weighted by atomic mass is 10.0. The molecule has 0 atom stereocenters. The van der Waals surface area contributed by atoms with E-state index >= 15 is 0 Å². The topological polar surface area (TPSA) is 41.8 Å². The highest BCUT2D eigenvalue weighted by Gasteiger charge is 2.06. The van der Waals surface area contributed by atoms with Crippen molar-refractivity contribution in [1.82, 2.24) is 4.98 Å². The monoisotopic (exact) mass is 208 g/mol. The summed E-state index contributed by atoms with van der Waals surface area (Å²) in [7, 11) is 0. The van der Waals surface area contributed by atoms with Crippen LogP contribution in [0.25, 0.3) is 22.0 Å². The van der Waals surface area contributed by atoms with Gasteiger partial charge in [0.2, 0.25) is 0 Å². The van der Waals surface area contributed by atoms with Crippen molar-refractivity contribution in [3.63, 3.8) is 0 Å². The van der Waals surface area contributed by atoms with Gasteiger partial charge in [0.1, 0.15) is 0 Å². The lowest BCUT2D eigenvalue weighted by molar-refractivity contribution is 1.47. The van der Waals surface area contributed by atoms with E-state index in [2.05, 4.69) is 29.2 Å².